The highest BCUT2D eigenvalue weighted by atomic mass is 32.2. The molecule has 13 heavy (non-hydrogen) atoms. The summed E-state index contributed by atoms with van der Waals surface area (Å²) in [5, 5.41) is 1.84. The van der Waals surface area contributed by atoms with E-state index in [1.165, 1.54) is 11.3 Å². The lowest BCUT2D eigenvalue weighted by atomic mass is 9.93. The van der Waals surface area contributed by atoms with E-state index in [0.29, 0.717) is 16.1 Å². The topological polar surface area (TPSA) is 12.9 Å². The van der Waals surface area contributed by atoms with E-state index in [1.807, 2.05) is 26.2 Å². The highest BCUT2D eigenvalue weighted by Crippen LogP contribution is 2.31. The molecule has 1 heterocycles. The molecule has 1 rings (SSSR count). The van der Waals surface area contributed by atoms with Gasteiger partial charge < -0.3 is 0 Å². The zero-order chi connectivity index (χ0) is 10.1. The zero-order valence-electron chi connectivity index (χ0n) is 7.67. The van der Waals surface area contributed by atoms with Gasteiger partial charge in [-0.2, -0.15) is 8.78 Å². The van der Waals surface area contributed by atoms with Crippen molar-refractivity contribution >= 4 is 23.1 Å². The molecular weight excluding hydrogens is 212 g/mol. The van der Waals surface area contributed by atoms with Gasteiger partial charge >= 0.3 is 0 Å². The van der Waals surface area contributed by atoms with E-state index in [9.17, 15) is 8.78 Å². The molecular formula is C8H11F2NS2. The Morgan fingerprint density at radius 2 is 2.08 bits per heavy atom. The lowest BCUT2D eigenvalue weighted by molar-refractivity contribution is 0.252. The van der Waals surface area contributed by atoms with Crippen molar-refractivity contribution < 1.29 is 8.78 Å². The van der Waals surface area contributed by atoms with Gasteiger partial charge in [0, 0.05) is 10.8 Å². The largest absolute Gasteiger partial charge is 0.291 e. The van der Waals surface area contributed by atoms with Crippen LogP contribution in [0.25, 0.3) is 0 Å². The molecule has 0 atom stereocenters. The van der Waals surface area contributed by atoms with Gasteiger partial charge in [-0.05, 0) is 11.8 Å². The Morgan fingerprint density at radius 1 is 1.46 bits per heavy atom. The number of rotatable bonds is 2. The standard InChI is InChI=1S/C8H11F2NS2/c1-8(2,3)5-4-12-7(11-5)13-6(9)10/h4,6H,1-3H3. The van der Waals surface area contributed by atoms with Crippen LogP contribution in [0, 0.1) is 0 Å². The molecule has 0 spiro atoms. The lowest BCUT2D eigenvalue weighted by Crippen LogP contribution is -2.11. The molecule has 0 bridgehead atoms. The molecule has 74 valence electrons. The second-order valence-corrected chi connectivity index (χ2v) is 5.72. The highest BCUT2D eigenvalue weighted by Gasteiger charge is 2.18. The van der Waals surface area contributed by atoms with Crippen LogP contribution in [0.2, 0.25) is 0 Å². The Kier molecular flexibility index (Phi) is 3.29. The molecule has 0 amide bonds. The van der Waals surface area contributed by atoms with Gasteiger partial charge in [0.15, 0.2) is 4.34 Å². The van der Waals surface area contributed by atoms with E-state index in [4.69, 9.17) is 0 Å². The summed E-state index contributed by atoms with van der Waals surface area (Å²) in [7, 11) is 0. The van der Waals surface area contributed by atoms with Crippen LogP contribution in [-0.2, 0) is 5.41 Å². The summed E-state index contributed by atoms with van der Waals surface area (Å²) in [6.07, 6.45) is 0. The van der Waals surface area contributed by atoms with Crippen molar-refractivity contribution in [1.29, 1.82) is 0 Å². The second-order valence-electron chi connectivity index (χ2n) is 3.63. The van der Waals surface area contributed by atoms with Crippen molar-refractivity contribution in [3.05, 3.63) is 11.1 Å². The number of aromatic nitrogens is 1. The van der Waals surface area contributed by atoms with Crippen LogP contribution in [0.3, 0.4) is 0 Å². The predicted octanol–water partition coefficient (Wildman–Crippen LogP) is 3.76. The molecule has 0 aromatic carbocycles. The molecule has 0 aliphatic carbocycles. The van der Waals surface area contributed by atoms with E-state index in [0.717, 1.165) is 5.69 Å². The van der Waals surface area contributed by atoms with Crippen molar-refractivity contribution in [2.75, 3.05) is 0 Å². The molecule has 1 nitrogen and oxygen atoms in total. The minimum absolute atomic E-state index is 0.0581. The minimum Gasteiger partial charge on any atom is -0.234 e. The molecule has 0 fully saturated rings. The Balaban J connectivity index is 2.75. The fraction of sp³-hybridized carbons (Fsp3) is 0.625. The summed E-state index contributed by atoms with van der Waals surface area (Å²) in [6, 6.07) is 0. The van der Waals surface area contributed by atoms with Crippen molar-refractivity contribution in [2.45, 2.75) is 36.3 Å². The van der Waals surface area contributed by atoms with Gasteiger partial charge in [-0.25, -0.2) is 4.98 Å². The number of hydrogen-bond acceptors (Lipinski definition) is 3. The average molecular weight is 223 g/mol. The summed E-state index contributed by atoms with van der Waals surface area (Å²) in [6.45, 7) is 6.04. The maximum atomic E-state index is 12.0. The van der Waals surface area contributed by atoms with E-state index in [1.54, 1.807) is 0 Å². The Labute approximate surface area is 84.6 Å². The van der Waals surface area contributed by atoms with Crippen molar-refractivity contribution in [3.8, 4) is 0 Å². The number of hydrogen-bond donors (Lipinski definition) is 0. The summed E-state index contributed by atoms with van der Waals surface area (Å²) in [5.74, 6) is -2.38. The van der Waals surface area contributed by atoms with Crippen LogP contribution < -0.4 is 0 Å². The van der Waals surface area contributed by atoms with Crippen LogP contribution in [-0.4, -0.2) is 10.7 Å². The molecule has 0 saturated carbocycles. The molecule has 0 radical (unpaired) electrons. The quantitative estimate of drug-likeness (QED) is 0.708. The first-order valence-electron chi connectivity index (χ1n) is 3.80. The van der Waals surface area contributed by atoms with Gasteiger partial charge in [-0.15, -0.1) is 11.3 Å². The van der Waals surface area contributed by atoms with E-state index in [2.05, 4.69) is 4.98 Å². The molecule has 5 heteroatoms. The van der Waals surface area contributed by atoms with Crippen LogP contribution >= 0.6 is 23.1 Å². The molecule has 0 aliphatic rings. The van der Waals surface area contributed by atoms with Crippen molar-refractivity contribution in [2.24, 2.45) is 0 Å². The van der Waals surface area contributed by atoms with Gasteiger partial charge in [-0.3, -0.25) is 0 Å². The van der Waals surface area contributed by atoms with E-state index in [-0.39, 0.29) is 5.41 Å². The average Bonchev–Trinajstić information content (AvgIpc) is 2.32. The summed E-state index contributed by atoms with van der Waals surface area (Å²) < 4.78 is 24.4. The van der Waals surface area contributed by atoms with Crippen LogP contribution in [0.1, 0.15) is 26.5 Å². The predicted molar refractivity (Wildman–Crippen MR) is 52.7 cm³/mol. The Hall–Kier alpha value is -0.160. The third-order valence-corrected chi connectivity index (χ3v) is 3.12. The third kappa shape index (κ3) is 3.23. The third-order valence-electron chi connectivity index (χ3n) is 1.44. The van der Waals surface area contributed by atoms with Gasteiger partial charge in [0.1, 0.15) is 0 Å². The summed E-state index contributed by atoms with van der Waals surface area (Å²) >= 11 is 1.79. The first-order chi connectivity index (χ1) is 5.89. The Morgan fingerprint density at radius 3 is 2.46 bits per heavy atom. The van der Waals surface area contributed by atoms with Crippen molar-refractivity contribution in [1.82, 2.24) is 4.98 Å². The summed E-state index contributed by atoms with van der Waals surface area (Å²) in [4.78, 5) is 4.12. The minimum atomic E-state index is -2.38. The van der Waals surface area contributed by atoms with E-state index < -0.39 is 5.76 Å². The first kappa shape index (κ1) is 10.9. The summed E-state index contributed by atoms with van der Waals surface area (Å²) in [5.41, 5.74) is 0.817. The van der Waals surface area contributed by atoms with Gasteiger partial charge in [-0.1, -0.05) is 20.8 Å². The molecule has 1 aromatic heterocycles. The van der Waals surface area contributed by atoms with Crippen LogP contribution in [0.15, 0.2) is 9.72 Å². The zero-order valence-corrected chi connectivity index (χ0v) is 9.31. The highest BCUT2D eigenvalue weighted by molar-refractivity contribution is 8.01. The number of alkyl halides is 2. The van der Waals surface area contributed by atoms with Crippen LogP contribution in [0.4, 0.5) is 8.78 Å². The maximum absolute atomic E-state index is 12.0. The SMILES string of the molecule is CC(C)(C)c1csc(SC(F)F)n1. The molecule has 0 saturated heterocycles. The number of thiazole rings is 1. The van der Waals surface area contributed by atoms with E-state index >= 15 is 0 Å². The maximum Gasteiger partial charge on any atom is 0.291 e. The fourth-order valence-electron chi connectivity index (χ4n) is 0.732. The van der Waals surface area contributed by atoms with Gasteiger partial charge in [0.25, 0.3) is 5.76 Å². The normalized spacial score (nSPS) is 12.5. The number of halogens is 2. The molecule has 0 unspecified atom stereocenters. The lowest BCUT2D eigenvalue weighted by Gasteiger charge is -2.13. The Bertz CT molecular complexity index is 278. The molecule has 1 aromatic rings. The fourth-order valence-corrected chi connectivity index (χ4v) is 2.39. The first-order valence-corrected chi connectivity index (χ1v) is 5.56. The second kappa shape index (κ2) is 3.92. The van der Waals surface area contributed by atoms with Crippen molar-refractivity contribution in [3.63, 3.8) is 0 Å². The number of nitrogens with zero attached hydrogens (tertiary/aromatic N) is 1. The van der Waals surface area contributed by atoms with Gasteiger partial charge in [0.2, 0.25) is 0 Å². The smallest absolute Gasteiger partial charge is 0.234 e. The monoisotopic (exact) mass is 223 g/mol. The molecule has 0 N–H and O–H groups in total. The van der Waals surface area contributed by atoms with Crippen LogP contribution in [0.5, 0.6) is 0 Å². The molecule has 0 aliphatic heterocycles. The number of thioether (sulfide) groups is 1. The van der Waals surface area contributed by atoms with Gasteiger partial charge in [0.05, 0.1) is 5.69 Å².